The van der Waals surface area contributed by atoms with Crippen LogP contribution in [-0.4, -0.2) is 52.1 Å². The maximum Gasteiger partial charge on any atom is 0.258 e. The van der Waals surface area contributed by atoms with E-state index in [2.05, 4.69) is 31.0 Å². The Morgan fingerprint density at radius 2 is 1.97 bits per heavy atom. The van der Waals surface area contributed by atoms with Crippen molar-refractivity contribution in [1.29, 1.82) is 0 Å². The third kappa shape index (κ3) is 3.94. The van der Waals surface area contributed by atoms with Gasteiger partial charge >= 0.3 is 0 Å². The van der Waals surface area contributed by atoms with Crippen LogP contribution in [0.25, 0.3) is 5.65 Å². The van der Waals surface area contributed by atoms with Crippen LogP contribution >= 0.6 is 0 Å². The number of benzene rings is 1. The van der Waals surface area contributed by atoms with Crippen molar-refractivity contribution < 1.29 is 9.53 Å². The highest BCUT2D eigenvalue weighted by molar-refractivity contribution is 5.97. The molecule has 3 aromatic rings. The first-order valence-electron chi connectivity index (χ1n) is 12.0. The molecule has 2 aliphatic rings. The standard InChI is InChI=1S/C26H33N5O2/c1-17-11-13-29(15-17)25-19(3)16-31-23(27-25)14-21(28-31)22-10-5-6-12-30(22)26(32)20-9-7-8-18(2)24(20)33-4/h7-9,14,16-17,22H,5-6,10-13,15H2,1-4H3/t17-,22-/m0/s1. The predicted molar refractivity (Wildman–Crippen MR) is 129 cm³/mol. The first-order chi connectivity index (χ1) is 16.0. The number of fused-ring (bicyclic) bond motifs is 1. The van der Waals surface area contributed by atoms with Gasteiger partial charge in [0.1, 0.15) is 11.6 Å². The molecule has 33 heavy (non-hydrogen) atoms. The van der Waals surface area contributed by atoms with Gasteiger partial charge in [-0.25, -0.2) is 9.50 Å². The Morgan fingerprint density at radius 3 is 2.73 bits per heavy atom. The highest BCUT2D eigenvalue weighted by Gasteiger charge is 2.32. The van der Waals surface area contributed by atoms with Crippen LogP contribution in [0.2, 0.25) is 0 Å². The largest absolute Gasteiger partial charge is 0.496 e. The highest BCUT2D eigenvalue weighted by atomic mass is 16.5. The summed E-state index contributed by atoms with van der Waals surface area (Å²) in [5.74, 6) is 2.42. The molecule has 174 valence electrons. The number of carbonyl (C=O) groups is 1. The number of piperidine rings is 1. The van der Waals surface area contributed by atoms with Crippen molar-refractivity contribution in [3.63, 3.8) is 0 Å². The highest BCUT2D eigenvalue weighted by Crippen LogP contribution is 2.35. The monoisotopic (exact) mass is 447 g/mol. The molecule has 5 rings (SSSR count). The molecule has 2 saturated heterocycles. The summed E-state index contributed by atoms with van der Waals surface area (Å²) in [6, 6.07) is 7.75. The number of methoxy groups -OCH3 is 1. The third-order valence-electron chi connectivity index (χ3n) is 7.10. The van der Waals surface area contributed by atoms with E-state index in [-0.39, 0.29) is 11.9 Å². The molecule has 4 heterocycles. The van der Waals surface area contributed by atoms with Gasteiger partial charge in [0.2, 0.25) is 0 Å². The van der Waals surface area contributed by atoms with Gasteiger partial charge in [0.15, 0.2) is 5.65 Å². The van der Waals surface area contributed by atoms with Crippen molar-refractivity contribution in [2.45, 2.75) is 52.5 Å². The van der Waals surface area contributed by atoms with E-state index in [4.69, 9.17) is 14.8 Å². The number of aromatic nitrogens is 3. The summed E-state index contributed by atoms with van der Waals surface area (Å²) in [5, 5.41) is 4.88. The van der Waals surface area contributed by atoms with E-state index >= 15 is 0 Å². The fourth-order valence-corrected chi connectivity index (χ4v) is 5.36. The van der Waals surface area contributed by atoms with Gasteiger partial charge in [0, 0.05) is 37.5 Å². The summed E-state index contributed by atoms with van der Waals surface area (Å²) in [4.78, 5) is 23.0. The molecule has 2 aromatic heterocycles. The van der Waals surface area contributed by atoms with Crippen molar-refractivity contribution in [3.8, 4) is 5.75 Å². The Balaban J connectivity index is 1.48. The topological polar surface area (TPSA) is 63.0 Å². The fourth-order valence-electron chi connectivity index (χ4n) is 5.36. The lowest BCUT2D eigenvalue weighted by atomic mass is 9.97. The Kier molecular flexibility index (Phi) is 5.72. The number of aryl methyl sites for hydroxylation is 2. The second kappa shape index (κ2) is 8.69. The number of ether oxygens (including phenoxy) is 1. The van der Waals surface area contributed by atoms with E-state index in [0.29, 0.717) is 17.2 Å². The first-order valence-corrected chi connectivity index (χ1v) is 12.0. The summed E-state index contributed by atoms with van der Waals surface area (Å²) in [7, 11) is 1.63. The molecule has 2 aliphatic heterocycles. The number of amides is 1. The molecule has 0 radical (unpaired) electrons. The number of hydrogen-bond acceptors (Lipinski definition) is 5. The van der Waals surface area contributed by atoms with E-state index in [9.17, 15) is 4.79 Å². The quantitative estimate of drug-likeness (QED) is 0.586. The molecular weight excluding hydrogens is 414 g/mol. The summed E-state index contributed by atoms with van der Waals surface area (Å²) in [5.41, 5.74) is 4.47. The number of nitrogens with zero attached hydrogens (tertiary/aromatic N) is 5. The maximum absolute atomic E-state index is 13.6. The molecule has 0 N–H and O–H groups in total. The van der Waals surface area contributed by atoms with Gasteiger partial charge in [-0.3, -0.25) is 4.79 Å². The average Bonchev–Trinajstić information content (AvgIpc) is 3.43. The summed E-state index contributed by atoms with van der Waals surface area (Å²) >= 11 is 0. The third-order valence-corrected chi connectivity index (χ3v) is 7.10. The average molecular weight is 448 g/mol. The molecule has 1 aromatic carbocycles. The van der Waals surface area contributed by atoms with Crippen LogP contribution in [0.4, 0.5) is 5.82 Å². The zero-order valence-corrected chi connectivity index (χ0v) is 20.0. The minimum Gasteiger partial charge on any atom is -0.496 e. The van der Waals surface area contributed by atoms with E-state index < -0.39 is 0 Å². The number of hydrogen-bond donors (Lipinski definition) is 0. The SMILES string of the molecule is COc1c(C)cccc1C(=O)N1CCCC[C@H]1c1cc2nc(N3CC[C@H](C)C3)c(C)cn2n1. The first kappa shape index (κ1) is 21.7. The number of carbonyl (C=O) groups excluding carboxylic acids is 1. The Labute approximate surface area is 195 Å². The molecule has 7 heteroatoms. The Morgan fingerprint density at radius 1 is 1.12 bits per heavy atom. The van der Waals surface area contributed by atoms with Crippen molar-refractivity contribution in [3.05, 3.63) is 52.8 Å². The smallest absolute Gasteiger partial charge is 0.258 e. The number of likely N-dealkylation sites (tertiary alicyclic amines) is 1. The maximum atomic E-state index is 13.6. The molecule has 0 saturated carbocycles. The second-order valence-electron chi connectivity index (χ2n) is 9.63. The fraction of sp³-hybridized carbons (Fsp3) is 0.500. The van der Waals surface area contributed by atoms with Crippen LogP contribution in [-0.2, 0) is 0 Å². The summed E-state index contributed by atoms with van der Waals surface area (Å²) < 4.78 is 7.45. The molecular formula is C26H33N5O2. The molecule has 0 spiro atoms. The summed E-state index contributed by atoms with van der Waals surface area (Å²) in [6.07, 6.45) is 6.26. The van der Waals surface area contributed by atoms with Crippen molar-refractivity contribution in [2.75, 3.05) is 31.6 Å². The summed E-state index contributed by atoms with van der Waals surface area (Å²) in [6.45, 7) is 9.19. The van der Waals surface area contributed by atoms with Crippen LogP contribution in [0.1, 0.15) is 65.8 Å². The molecule has 1 amide bonds. The van der Waals surface area contributed by atoms with Gasteiger partial charge in [-0.15, -0.1) is 0 Å². The Bertz CT molecular complexity index is 1190. The van der Waals surface area contributed by atoms with Gasteiger partial charge in [-0.2, -0.15) is 5.10 Å². The number of anilines is 1. The van der Waals surface area contributed by atoms with Gasteiger partial charge in [0.25, 0.3) is 5.91 Å². The van der Waals surface area contributed by atoms with Crippen LogP contribution in [0.15, 0.2) is 30.5 Å². The lowest BCUT2D eigenvalue weighted by molar-refractivity contribution is 0.0602. The molecule has 2 atom stereocenters. The minimum atomic E-state index is -0.0614. The molecule has 7 nitrogen and oxygen atoms in total. The number of para-hydroxylation sites is 1. The molecule has 0 unspecified atom stereocenters. The molecule has 0 bridgehead atoms. The van der Waals surface area contributed by atoms with Crippen LogP contribution in [0, 0.1) is 19.8 Å². The Hall–Kier alpha value is -3.09. The predicted octanol–water partition coefficient (Wildman–Crippen LogP) is 4.57. The van der Waals surface area contributed by atoms with Gasteiger partial charge < -0.3 is 14.5 Å². The van der Waals surface area contributed by atoms with E-state index in [1.54, 1.807) is 7.11 Å². The van der Waals surface area contributed by atoms with Gasteiger partial charge in [-0.05, 0) is 57.1 Å². The van der Waals surface area contributed by atoms with E-state index in [1.165, 1.54) is 6.42 Å². The van der Waals surface area contributed by atoms with Gasteiger partial charge in [-0.1, -0.05) is 19.1 Å². The zero-order chi connectivity index (χ0) is 23.1. The molecule has 2 fully saturated rings. The van der Waals surface area contributed by atoms with Crippen LogP contribution in [0.3, 0.4) is 0 Å². The van der Waals surface area contributed by atoms with Crippen molar-refractivity contribution in [2.24, 2.45) is 5.92 Å². The van der Waals surface area contributed by atoms with Gasteiger partial charge in [0.05, 0.1) is 24.4 Å². The van der Waals surface area contributed by atoms with E-state index in [0.717, 1.165) is 67.2 Å². The number of rotatable bonds is 4. The lowest BCUT2D eigenvalue weighted by Gasteiger charge is -2.35. The second-order valence-corrected chi connectivity index (χ2v) is 9.63. The normalized spacial score (nSPS) is 21.1. The van der Waals surface area contributed by atoms with E-state index in [1.807, 2.05) is 34.5 Å². The van der Waals surface area contributed by atoms with Crippen LogP contribution < -0.4 is 9.64 Å². The zero-order valence-electron chi connectivity index (χ0n) is 20.0. The van der Waals surface area contributed by atoms with Crippen molar-refractivity contribution in [1.82, 2.24) is 19.5 Å². The molecule has 0 aliphatic carbocycles. The minimum absolute atomic E-state index is 0.00758. The van der Waals surface area contributed by atoms with Crippen LogP contribution in [0.5, 0.6) is 5.75 Å². The van der Waals surface area contributed by atoms with Crippen molar-refractivity contribution >= 4 is 17.4 Å². The lowest BCUT2D eigenvalue weighted by Crippen LogP contribution is -2.39.